The second-order valence-electron chi connectivity index (χ2n) is 5.78. The molecule has 0 radical (unpaired) electrons. The van der Waals surface area contributed by atoms with Crippen LogP contribution in [-0.2, 0) is 7.05 Å². The van der Waals surface area contributed by atoms with Crippen LogP contribution in [-0.4, -0.2) is 44.9 Å². The Balaban J connectivity index is 2.50. The van der Waals surface area contributed by atoms with Gasteiger partial charge in [0.05, 0.1) is 11.1 Å². The normalized spacial score (nSPS) is 15.2. The van der Waals surface area contributed by atoms with Crippen LogP contribution in [0.3, 0.4) is 0 Å². The van der Waals surface area contributed by atoms with Crippen LogP contribution in [0.4, 0.5) is 0 Å². The number of hydrogen-bond donors (Lipinski definition) is 0. The molecule has 112 valence electrons. The number of halogens is 1. The highest BCUT2D eigenvalue weighted by molar-refractivity contribution is 6.20. The fraction of sp³-hybridized carbons (Fsp3) is 0.714. The van der Waals surface area contributed by atoms with Gasteiger partial charge in [-0.3, -0.25) is 4.68 Å². The van der Waals surface area contributed by atoms with Crippen molar-refractivity contribution in [1.29, 1.82) is 0 Å². The number of fused-ring (bicyclic) bond motifs is 1. The summed E-state index contributed by atoms with van der Waals surface area (Å²) in [5.74, 6) is 0.934. The topological polar surface area (TPSA) is 38.9 Å². The molecule has 0 spiro atoms. The maximum Gasteiger partial charge on any atom is 0.158 e. The zero-order valence-corrected chi connectivity index (χ0v) is 13.9. The predicted molar refractivity (Wildman–Crippen MR) is 83.4 cm³/mol. The van der Waals surface area contributed by atoms with Crippen molar-refractivity contribution < 1.29 is 0 Å². The average molecular weight is 298 g/mol. The van der Waals surface area contributed by atoms with Crippen molar-refractivity contribution in [2.45, 2.75) is 38.6 Å². The van der Waals surface area contributed by atoms with E-state index in [0.29, 0.717) is 6.04 Å². The lowest BCUT2D eigenvalue weighted by Crippen LogP contribution is -2.19. The summed E-state index contributed by atoms with van der Waals surface area (Å²) in [5.41, 5.74) is 2.99. The molecule has 2 aromatic heterocycles. The quantitative estimate of drug-likeness (QED) is 0.797. The van der Waals surface area contributed by atoms with Gasteiger partial charge in [-0.25, -0.2) is 4.98 Å². The van der Waals surface area contributed by atoms with Crippen LogP contribution in [0.1, 0.15) is 43.2 Å². The molecule has 2 rings (SSSR count). The third-order valence-corrected chi connectivity index (χ3v) is 3.85. The molecule has 0 N–H and O–H groups in total. The Kier molecular flexibility index (Phi) is 4.39. The molecule has 0 amide bonds. The van der Waals surface area contributed by atoms with Crippen molar-refractivity contribution in [1.82, 2.24) is 24.2 Å². The Bertz CT molecular complexity index is 596. The fourth-order valence-electron chi connectivity index (χ4n) is 2.60. The first kappa shape index (κ1) is 15.3. The summed E-state index contributed by atoms with van der Waals surface area (Å²) < 4.78 is 4.16. The van der Waals surface area contributed by atoms with Crippen LogP contribution in [0.15, 0.2) is 0 Å². The number of hydrogen-bond acceptors (Lipinski definition) is 3. The number of alkyl halides is 1. The molecule has 2 unspecified atom stereocenters. The molecular weight excluding hydrogens is 274 g/mol. The molecular formula is C14H24ClN5. The van der Waals surface area contributed by atoms with Crippen molar-refractivity contribution in [2.75, 3.05) is 20.6 Å². The average Bonchev–Trinajstić information content (AvgIpc) is 2.86. The fourth-order valence-corrected chi connectivity index (χ4v) is 2.76. The van der Waals surface area contributed by atoms with Gasteiger partial charge >= 0.3 is 0 Å². The van der Waals surface area contributed by atoms with E-state index in [-0.39, 0.29) is 5.38 Å². The summed E-state index contributed by atoms with van der Waals surface area (Å²) in [6.45, 7) is 7.22. The summed E-state index contributed by atoms with van der Waals surface area (Å²) >= 11 is 6.32. The van der Waals surface area contributed by atoms with Crippen molar-refractivity contribution in [2.24, 2.45) is 7.05 Å². The van der Waals surface area contributed by atoms with Crippen LogP contribution in [0.5, 0.6) is 0 Å². The van der Waals surface area contributed by atoms with E-state index in [9.17, 15) is 0 Å². The summed E-state index contributed by atoms with van der Waals surface area (Å²) in [6.07, 6.45) is 1.05. The minimum Gasteiger partial charge on any atom is -0.309 e. The van der Waals surface area contributed by atoms with Crippen LogP contribution in [0.2, 0.25) is 0 Å². The molecule has 0 saturated carbocycles. The van der Waals surface area contributed by atoms with Gasteiger partial charge in [0.25, 0.3) is 0 Å². The van der Waals surface area contributed by atoms with Gasteiger partial charge in [0.15, 0.2) is 5.65 Å². The van der Waals surface area contributed by atoms with Crippen LogP contribution in [0, 0.1) is 6.92 Å². The standard InChI is InChI=1S/C14H24ClN5/c1-9(7-8-18(4)5)20-13(10(2)15)16-12-11(3)17-19(6)14(12)20/h9-10H,7-8H2,1-6H3. The lowest BCUT2D eigenvalue weighted by atomic mass is 10.2. The summed E-state index contributed by atoms with van der Waals surface area (Å²) in [6, 6.07) is 0.341. The van der Waals surface area contributed by atoms with E-state index < -0.39 is 0 Å². The molecule has 0 aliphatic rings. The second kappa shape index (κ2) is 5.74. The Morgan fingerprint density at radius 2 is 1.95 bits per heavy atom. The van der Waals surface area contributed by atoms with Crippen molar-refractivity contribution in [3.63, 3.8) is 0 Å². The third kappa shape index (κ3) is 2.69. The largest absolute Gasteiger partial charge is 0.309 e. The molecule has 5 nitrogen and oxygen atoms in total. The molecule has 0 saturated heterocycles. The van der Waals surface area contributed by atoms with Gasteiger partial charge in [-0.05, 0) is 47.8 Å². The van der Waals surface area contributed by atoms with Gasteiger partial charge in [-0.2, -0.15) is 5.10 Å². The van der Waals surface area contributed by atoms with Crippen molar-refractivity contribution >= 4 is 22.8 Å². The highest BCUT2D eigenvalue weighted by Gasteiger charge is 2.23. The first-order chi connectivity index (χ1) is 9.32. The molecule has 0 bridgehead atoms. The Morgan fingerprint density at radius 1 is 1.30 bits per heavy atom. The molecule has 0 fully saturated rings. The molecule has 0 aliphatic carbocycles. The van der Waals surface area contributed by atoms with E-state index in [0.717, 1.165) is 35.6 Å². The van der Waals surface area contributed by atoms with Gasteiger partial charge in [0.1, 0.15) is 11.3 Å². The number of rotatable bonds is 5. The minimum atomic E-state index is -0.108. The van der Waals surface area contributed by atoms with E-state index >= 15 is 0 Å². The second-order valence-corrected chi connectivity index (χ2v) is 6.43. The zero-order valence-electron chi connectivity index (χ0n) is 13.2. The minimum absolute atomic E-state index is 0.108. The van der Waals surface area contributed by atoms with E-state index in [2.05, 4.69) is 35.6 Å². The molecule has 0 aromatic carbocycles. The monoisotopic (exact) mass is 297 g/mol. The Hall–Kier alpha value is -1.07. The summed E-state index contributed by atoms with van der Waals surface area (Å²) in [4.78, 5) is 6.91. The first-order valence-corrected chi connectivity index (χ1v) is 7.46. The van der Waals surface area contributed by atoms with Crippen molar-refractivity contribution in [3.8, 4) is 0 Å². The smallest absolute Gasteiger partial charge is 0.158 e. The van der Waals surface area contributed by atoms with Gasteiger partial charge in [-0.15, -0.1) is 11.6 Å². The number of aryl methyl sites for hydroxylation is 2. The van der Waals surface area contributed by atoms with E-state index in [4.69, 9.17) is 16.6 Å². The van der Waals surface area contributed by atoms with E-state index in [1.54, 1.807) is 0 Å². The maximum absolute atomic E-state index is 6.32. The molecule has 2 aromatic rings. The molecule has 2 atom stereocenters. The SMILES string of the molecule is Cc1nn(C)c2c1nc(C(C)Cl)n2C(C)CCN(C)C. The summed E-state index contributed by atoms with van der Waals surface area (Å²) in [7, 11) is 6.15. The number of aromatic nitrogens is 4. The van der Waals surface area contributed by atoms with Crippen LogP contribution >= 0.6 is 11.6 Å². The Morgan fingerprint density at radius 3 is 2.50 bits per heavy atom. The van der Waals surface area contributed by atoms with Gasteiger partial charge in [0.2, 0.25) is 0 Å². The molecule has 20 heavy (non-hydrogen) atoms. The maximum atomic E-state index is 6.32. The van der Waals surface area contributed by atoms with Gasteiger partial charge in [0, 0.05) is 13.1 Å². The molecule has 0 aliphatic heterocycles. The zero-order chi connectivity index (χ0) is 15.0. The number of nitrogens with zero attached hydrogens (tertiary/aromatic N) is 5. The first-order valence-electron chi connectivity index (χ1n) is 7.03. The lowest BCUT2D eigenvalue weighted by Gasteiger charge is -2.20. The third-order valence-electron chi connectivity index (χ3n) is 3.65. The van der Waals surface area contributed by atoms with Crippen LogP contribution in [0.25, 0.3) is 11.2 Å². The van der Waals surface area contributed by atoms with Crippen LogP contribution < -0.4 is 0 Å². The Labute approximate surface area is 125 Å². The van der Waals surface area contributed by atoms with Crippen molar-refractivity contribution in [3.05, 3.63) is 11.5 Å². The number of imidazole rings is 1. The molecule has 6 heteroatoms. The highest BCUT2D eigenvalue weighted by atomic mass is 35.5. The lowest BCUT2D eigenvalue weighted by molar-refractivity contribution is 0.356. The van der Waals surface area contributed by atoms with E-state index in [1.165, 1.54) is 0 Å². The highest BCUT2D eigenvalue weighted by Crippen LogP contribution is 2.30. The van der Waals surface area contributed by atoms with Gasteiger partial charge in [-0.1, -0.05) is 0 Å². The molecule has 2 heterocycles. The summed E-state index contributed by atoms with van der Waals surface area (Å²) in [5, 5.41) is 4.36. The predicted octanol–water partition coefficient (Wildman–Crippen LogP) is 2.89. The van der Waals surface area contributed by atoms with Gasteiger partial charge < -0.3 is 9.47 Å². The van der Waals surface area contributed by atoms with E-state index in [1.807, 2.05) is 25.6 Å².